The van der Waals surface area contributed by atoms with E-state index < -0.39 is 0 Å². The molecule has 5 nitrogen and oxygen atoms in total. The molecule has 1 heterocycles. The summed E-state index contributed by atoms with van der Waals surface area (Å²) in [4.78, 5) is 12.3. The van der Waals surface area contributed by atoms with E-state index in [9.17, 15) is 4.79 Å². The first-order valence-corrected chi connectivity index (χ1v) is 10.7. The first kappa shape index (κ1) is 20.2. The zero-order valence-electron chi connectivity index (χ0n) is 14.7. The van der Waals surface area contributed by atoms with Crippen LogP contribution in [0.2, 0.25) is 5.02 Å². The summed E-state index contributed by atoms with van der Waals surface area (Å²) in [5.41, 5.74) is 2.61. The van der Waals surface area contributed by atoms with E-state index >= 15 is 0 Å². The molecular weight excluding hydrogens is 497 g/mol. The number of carbonyl (C=O) groups excluding carboxylic acids is 1. The molecule has 3 rings (SSSR count). The summed E-state index contributed by atoms with van der Waals surface area (Å²) in [6.45, 7) is 4.20. The molecule has 0 atom stereocenters. The number of thioether (sulfide) groups is 1. The highest BCUT2D eigenvalue weighted by Crippen LogP contribution is 2.29. The lowest BCUT2D eigenvalue weighted by Gasteiger charge is -2.14. The molecule has 1 aromatic heterocycles. The molecule has 2 aromatic carbocycles. The lowest BCUT2D eigenvalue weighted by molar-refractivity contribution is -0.113. The fourth-order valence-corrected chi connectivity index (χ4v) is 3.75. The molecule has 0 aliphatic carbocycles. The number of amides is 1. The van der Waals surface area contributed by atoms with Gasteiger partial charge < -0.3 is 9.73 Å². The molecule has 27 heavy (non-hydrogen) atoms. The third-order valence-electron chi connectivity index (χ3n) is 3.75. The van der Waals surface area contributed by atoms with Crippen molar-refractivity contribution >= 4 is 57.5 Å². The Labute approximate surface area is 180 Å². The van der Waals surface area contributed by atoms with Gasteiger partial charge in [-0.1, -0.05) is 49.3 Å². The van der Waals surface area contributed by atoms with E-state index in [1.54, 1.807) is 12.1 Å². The Morgan fingerprint density at radius 3 is 2.78 bits per heavy atom. The van der Waals surface area contributed by atoms with E-state index in [2.05, 4.69) is 58.0 Å². The minimum atomic E-state index is -0.124. The Hall–Kier alpha value is -1.58. The number of nitrogens with zero attached hydrogens (tertiary/aromatic N) is 2. The van der Waals surface area contributed by atoms with Crippen molar-refractivity contribution in [3.63, 3.8) is 0 Å². The lowest BCUT2D eigenvalue weighted by Crippen LogP contribution is -2.15. The monoisotopic (exact) mass is 513 g/mol. The zero-order chi connectivity index (χ0) is 19.4. The molecule has 1 amide bonds. The Bertz CT molecular complexity index is 962. The van der Waals surface area contributed by atoms with Crippen LogP contribution in [-0.2, 0) is 4.79 Å². The molecule has 0 spiro atoms. The summed E-state index contributed by atoms with van der Waals surface area (Å²) in [6, 6.07) is 13.2. The third-order valence-corrected chi connectivity index (χ3v) is 5.57. The quantitative estimate of drug-likeness (QED) is 0.331. The van der Waals surface area contributed by atoms with Crippen LogP contribution in [0.25, 0.3) is 11.5 Å². The SMILES string of the molecule is CC(C)c1cc(I)ccc1NC(=O)CSc1nnc(-c2ccccc2Cl)o1. The molecule has 3 aromatic rings. The Morgan fingerprint density at radius 2 is 2.04 bits per heavy atom. The van der Waals surface area contributed by atoms with Crippen LogP contribution in [0.5, 0.6) is 0 Å². The molecule has 0 saturated heterocycles. The maximum absolute atomic E-state index is 12.3. The lowest BCUT2D eigenvalue weighted by atomic mass is 10.0. The van der Waals surface area contributed by atoms with Crippen molar-refractivity contribution in [1.82, 2.24) is 10.2 Å². The first-order valence-electron chi connectivity index (χ1n) is 8.24. The van der Waals surface area contributed by atoms with Crippen molar-refractivity contribution in [1.29, 1.82) is 0 Å². The first-order chi connectivity index (χ1) is 12.9. The predicted octanol–water partition coefficient (Wildman–Crippen LogP) is 5.85. The summed E-state index contributed by atoms with van der Waals surface area (Å²) < 4.78 is 6.74. The Morgan fingerprint density at radius 1 is 1.26 bits per heavy atom. The topological polar surface area (TPSA) is 68.0 Å². The van der Waals surface area contributed by atoms with Gasteiger partial charge in [-0.15, -0.1) is 10.2 Å². The van der Waals surface area contributed by atoms with E-state index in [0.717, 1.165) is 14.8 Å². The molecule has 0 unspecified atom stereocenters. The average molecular weight is 514 g/mol. The molecule has 0 saturated carbocycles. The van der Waals surface area contributed by atoms with Crippen LogP contribution in [0.4, 0.5) is 5.69 Å². The summed E-state index contributed by atoms with van der Waals surface area (Å²) in [5.74, 6) is 0.703. The van der Waals surface area contributed by atoms with Crippen molar-refractivity contribution < 1.29 is 9.21 Å². The fourth-order valence-electron chi connectivity index (χ4n) is 2.45. The highest BCUT2D eigenvalue weighted by molar-refractivity contribution is 14.1. The normalized spacial score (nSPS) is 11.0. The number of aromatic nitrogens is 2. The van der Waals surface area contributed by atoms with Crippen LogP contribution in [0.3, 0.4) is 0 Å². The van der Waals surface area contributed by atoms with Crippen LogP contribution in [0.1, 0.15) is 25.3 Å². The van der Waals surface area contributed by atoms with Crippen LogP contribution in [0.15, 0.2) is 52.1 Å². The molecule has 140 valence electrons. The van der Waals surface area contributed by atoms with Crippen LogP contribution < -0.4 is 5.32 Å². The van der Waals surface area contributed by atoms with Crippen molar-refractivity contribution in [2.24, 2.45) is 0 Å². The molecule has 8 heteroatoms. The van der Waals surface area contributed by atoms with Crippen molar-refractivity contribution in [2.45, 2.75) is 25.0 Å². The van der Waals surface area contributed by atoms with Gasteiger partial charge in [-0.3, -0.25) is 4.79 Å². The minimum Gasteiger partial charge on any atom is -0.411 e. The molecule has 0 aliphatic rings. The smallest absolute Gasteiger partial charge is 0.277 e. The predicted molar refractivity (Wildman–Crippen MR) is 117 cm³/mol. The van der Waals surface area contributed by atoms with Gasteiger partial charge in [0.25, 0.3) is 5.22 Å². The second-order valence-electron chi connectivity index (χ2n) is 6.08. The maximum Gasteiger partial charge on any atom is 0.277 e. The molecule has 1 N–H and O–H groups in total. The number of halogens is 2. The zero-order valence-corrected chi connectivity index (χ0v) is 18.4. The summed E-state index contributed by atoms with van der Waals surface area (Å²) in [6.07, 6.45) is 0. The molecular formula is C19H17ClIN3O2S. The van der Waals surface area contributed by atoms with Crippen LogP contribution in [0, 0.1) is 3.57 Å². The highest BCUT2D eigenvalue weighted by atomic mass is 127. The summed E-state index contributed by atoms with van der Waals surface area (Å²) in [5, 5.41) is 11.8. The number of benzene rings is 2. The minimum absolute atomic E-state index is 0.124. The number of hydrogen-bond donors (Lipinski definition) is 1. The standard InChI is InChI=1S/C19H17ClIN3O2S/c1-11(2)14-9-12(21)7-8-16(14)22-17(25)10-27-19-24-23-18(26-19)13-5-3-4-6-15(13)20/h3-9,11H,10H2,1-2H3,(H,22,25). The van der Waals surface area contributed by atoms with Gasteiger partial charge >= 0.3 is 0 Å². The molecule has 0 aliphatic heterocycles. The number of carbonyl (C=O) groups is 1. The molecule has 0 bridgehead atoms. The van der Waals surface area contributed by atoms with E-state index in [0.29, 0.717) is 27.6 Å². The fraction of sp³-hybridized carbons (Fsp3) is 0.211. The average Bonchev–Trinajstić information content (AvgIpc) is 3.10. The number of anilines is 1. The van der Waals surface area contributed by atoms with Crippen LogP contribution in [-0.4, -0.2) is 21.9 Å². The van der Waals surface area contributed by atoms with Gasteiger partial charge in [0.05, 0.1) is 16.3 Å². The van der Waals surface area contributed by atoms with Gasteiger partial charge in [0, 0.05) is 9.26 Å². The van der Waals surface area contributed by atoms with E-state index in [1.807, 2.05) is 24.3 Å². The number of rotatable bonds is 6. The summed E-state index contributed by atoms with van der Waals surface area (Å²) >= 11 is 9.60. The van der Waals surface area contributed by atoms with Crippen LogP contribution >= 0.6 is 46.0 Å². The second kappa shape index (κ2) is 9.07. The van der Waals surface area contributed by atoms with Gasteiger partial charge in [0.15, 0.2) is 0 Å². The van der Waals surface area contributed by atoms with Gasteiger partial charge in [-0.05, 0) is 64.4 Å². The van der Waals surface area contributed by atoms with E-state index in [4.69, 9.17) is 16.0 Å². The molecule has 0 fully saturated rings. The van der Waals surface area contributed by atoms with Crippen molar-refractivity contribution in [3.8, 4) is 11.5 Å². The largest absolute Gasteiger partial charge is 0.411 e. The molecule has 0 radical (unpaired) electrons. The Kier molecular flexibility index (Phi) is 6.78. The van der Waals surface area contributed by atoms with Crippen molar-refractivity contribution in [3.05, 3.63) is 56.6 Å². The maximum atomic E-state index is 12.3. The van der Waals surface area contributed by atoms with Gasteiger partial charge in [-0.2, -0.15) is 0 Å². The third kappa shape index (κ3) is 5.24. The van der Waals surface area contributed by atoms with Gasteiger partial charge in [0.1, 0.15) is 0 Å². The number of nitrogens with one attached hydrogen (secondary N) is 1. The number of hydrogen-bond acceptors (Lipinski definition) is 5. The highest BCUT2D eigenvalue weighted by Gasteiger charge is 2.15. The van der Waals surface area contributed by atoms with E-state index in [-0.39, 0.29) is 11.7 Å². The van der Waals surface area contributed by atoms with Gasteiger partial charge in [0.2, 0.25) is 11.8 Å². The van der Waals surface area contributed by atoms with Crippen molar-refractivity contribution in [2.75, 3.05) is 11.1 Å². The second-order valence-corrected chi connectivity index (χ2v) is 8.66. The summed E-state index contributed by atoms with van der Waals surface area (Å²) in [7, 11) is 0. The Balaban J connectivity index is 1.63. The van der Waals surface area contributed by atoms with E-state index in [1.165, 1.54) is 11.8 Å². The van der Waals surface area contributed by atoms with Gasteiger partial charge in [-0.25, -0.2) is 0 Å².